The van der Waals surface area contributed by atoms with Crippen molar-refractivity contribution < 1.29 is 9.18 Å². The van der Waals surface area contributed by atoms with Crippen LogP contribution in [0.3, 0.4) is 0 Å². The normalized spacial score (nSPS) is 14.6. The number of amides is 1. The van der Waals surface area contributed by atoms with Crippen molar-refractivity contribution in [1.29, 1.82) is 0 Å². The van der Waals surface area contributed by atoms with Crippen molar-refractivity contribution in [2.75, 3.05) is 36.4 Å². The molecule has 3 aromatic rings. The van der Waals surface area contributed by atoms with Gasteiger partial charge in [-0.15, -0.1) is 0 Å². The van der Waals surface area contributed by atoms with Crippen LogP contribution in [0.15, 0.2) is 30.6 Å². The molecule has 0 atom stereocenters. The molecular weight excluding hydrogens is 347 g/mol. The van der Waals surface area contributed by atoms with Crippen LogP contribution in [0, 0.1) is 19.7 Å². The maximum Gasteiger partial charge on any atom is 0.275 e. The number of nitrogens with zero attached hydrogens (tertiary/aromatic N) is 4. The second-order valence-electron chi connectivity index (χ2n) is 6.68. The molecule has 0 aliphatic carbocycles. The first-order valence-corrected chi connectivity index (χ1v) is 8.91. The number of fused-ring (bicyclic) bond motifs is 1. The Bertz CT molecular complexity index is 1010. The number of hydrogen-bond acceptors (Lipinski definition) is 5. The number of carbonyl (C=O) groups excluding carboxylic acids is 1. The molecule has 0 spiro atoms. The SMILES string of the molecule is Cc1cn2cc(C(=O)Nc3ccc(N4CCNCC4)cc3F)nc(C)c2n1. The van der Waals surface area contributed by atoms with Crippen LogP contribution in [0.25, 0.3) is 5.65 Å². The van der Waals surface area contributed by atoms with Crippen molar-refractivity contribution in [2.24, 2.45) is 0 Å². The number of rotatable bonds is 3. The Balaban J connectivity index is 1.55. The molecule has 0 bridgehead atoms. The quantitative estimate of drug-likeness (QED) is 0.741. The standard InChI is InChI=1S/C19H21FN6O/c1-12-10-26-11-17(23-13(2)18(26)22-12)19(27)24-16-4-3-14(9-15(16)20)25-7-5-21-6-8-25/h3-4,9-11,21H,5-8H2,1-2H3,(H,24,27). The van der Waals surface area contributed by atoms with Crippen molar-refractivity contribution >= 4 is 22.9 Å². The molecule has 0 unspecified atom stereocenters. The van der Waals surface area contributed by atoms with Crippen LogP contribution in [-0.2, 0) is 0 Å². The van der Waals surface area contributed by atoms with Gasteiger partial charge in [0.2, 0.25) is 0 Å². The summed E-state index contributed by atoms with van der Waals surface area (Å²) in [6.45, 7) is 7.09. The molecule has 0 saturated carbocycles. The van der Waals surface area contributed by atoms with Gasteiger partial charge < -0.3 is 19.9 Å². The van der Waals surface area contributed by atoms with E-state index < -0.39 is 11.7 Å². The Labute approximate surface area is 156 Å². The van der Waals surface area contributed by atoms with Gasteiger partial charge in [0.1, 0.15) is 11.5 Å². The highest BCUT2D eigenvalue weighted by Crippen LogP contribution is 2.23. The van der Waals surface area contributed by atoms with E-state index in [4.69, 9.17) is 0 Å². The van der Waals surface area contributed by atoms with Crippen molar-refractivity contribution in [3.8, 4) is 0 Å². The van der Waals surface area contributed by atoms with Gasteiger partial charge in [-0.1, -0.05) is 0 Å². The fraction of sp³-hybridized carbons (Fsp3) is 0.316. The Morgan fingerprint density at radius 1 is 1.19 bits per heavy atom. The van der Waals surface area contributed by atoms with Gasteiger partial charge in [-0.05, 0) is 32.0 Å². The van der Waals surface area contributed by atoms with Gasteiger partial charge in [0.05, 0.1) is 17.1 Å². The van der Waals surface area contributed by atoms with E-state index >= 15 is 0 Å². The van der Waals surface area contributed by atoms with E-state index in [1.807, 2.05) is 19.2 Å². The molecular formula is C19H21FN6O. The van der Waals surface area contributed by atoms with Crippen LogP contribution in [0.5, 0.6) is 0 Å². The number of piperazine rings is 1. The molecule has 8 heteroatoms. The molecule has 27 heavy (non-hydrogen) atoms. The molecule has 0 radical (unpaired) electrons. The Hall–Kier alpha value is -3.00. The maximum absolute atomic E-state index is 14.5. The van der Waals surface area contributed by atoms with Crippen molar-refractivity contribution in [3.63, 3.8) is 0 Å². The fourth-order valence-electron chi connectivity index (χ4n) is 3.29. The summed E-state index contributed by atoms with van der Waals surface area (Å²) in [5.41, 5.74) is 3.35. The van der Waals surface area contributed by atoms with Crippen LogP contribution in [0.2, 0.25) is 0 Å². The highest BCUT2D eigenvalue weighted by molar-refractivity contribution is 6.03. The Kier molecular flexibility index (Phi) is 4.49. The number of aryl methyl sites for hydroxylation is 2. The van der Waals surface area contributed by atoms with Gasteiger partial charge in [0, 0.05) is 44.3 Å². The van der Waals surface area contributed by atoms with E-state index in [-0.39, 0.29) is 11.4 Å². The Morgan fingerprint density at radius 3 is 2.70 bits per heavy atom. The third-order valence-corrected chi connectivity index (χ3v) is 4.64. The molecule has 1 aliphatic rings. The van der Waals surface area contributed by atoms with Crippen LogP contribution in [0.4, 0.5) is 15.8 Å². The number of hydrogen-bond donors (Lipinski definition) is 2. The maximum atomic E-state index is 14.5. The first-order valence-electron chi connectivity index (χ1n) is 8.91. The lowest BCUT2D eigenvalue weighted by Gasteiger charge is -2.29. The number of nitrogens with one attached hydrogen (secondary N) is 2. The predicted molar refractivity (Wildman–Crippen MR) is 102 cm³/mol. The second-order valence-corrected chi connectivity index (χ2v) is 6.68. The first-order chi connectivity index (χ1) is 13.0. The largest absolute Gasteiger partial charge is 0.369 e. The van der Waals surface area contributed by atoms with Crippen LogP contribution < -0.4 is 15.5 Å². The number of anilines is 2. The van der Waals surface area contributed by atoms with Gasteiger partial charge in [0.25, 0.3) is 5.91 Å². The van der Waals surface area contributed by atoms with E-state index in [0.29, 0.717) is 11.3 Å². The molecule has 1 saturated heterocycles. The number of halogens is 1. The average molecular weight is 368 g/mol. The third-order valence-electron chi connectivity index (χ3n) is 4.64. The summed E-state index contributed by atoms with van der Waals surface area (Å²) in [6, 6.07) is 4.88. The molecule has 140 valence electrons. The lowest BCUT2D eigenvalue weighted by molar-refractivity contribution is 0.102. The average Bonchev–Trinajstić information content (AvgIpc) is 3.05. The third kappa shape index (κ3) is 3.48. The molecule has 3 heterocycles. The molecule has 1 aromatic carbocycles. The summed E-state index contributed by atoms with van der Waals surface area (Å²) in [5.74, 6) is -0.921. The van der Waals surface area contributed by atoms with Crippen molar-refractivity contribution in [1.82, 2.24) is 19.7 Å². The molecule has 4 rings (SSSR count). The second kappa shape index (κ2) is 6.96. The molecule has 2 aromatic heterocycles. The van der Waals surface area contributed by atoms with E-state index in [2.05, 4.69) is 25.5 Å². The lowest BCUT2D eigenvalue weighted by atomic mass is 10.2. The summed E-state index contributed by atoms with van der Waals surface area (Å²) in [7, 11) is 0. The minimum Gasteiger partial charge on any atom is -0.369 e. The number of imidazole rings is 1. The zero-order chi connectivity index (χ0) is 19.0. The lowest BCUT2D eigenvalue weighted by Crippen LogP contribution is -2.43. The number of benzene rings is 1. The fourth-order valence-corrected chi connectivity index (χ4v) is 3.29. The van der Waals surface area contributed by atoms with Crippen LogP contribution in [-0.4, -0.2) is 46.5 Å². The molecule has 7 nitrogen and oxygen atoms in total. The zero-order valence-corrected chi connectivity index (χ0v) is 15.3. The number of carbonyl (C=O) groups is 1. The Morgan fingerprint density at radius 2 is 1.96 bits per heavy atom. The minimum atomic E-state index is -0.462. The monoisotopic (exact) mass is 368 g/mol. The highest BCUT2D eigenvalue weighted by atomic mass is 19.1. The highest BCUT2D eigenvalue weighted by Gasteiger charge is 2.16. The molecule has 2 N–H and O–H groups in total. The summed E-state index contributed by atoms with van der Waals surface area (Å²) in [4.78, 5) is 23.3. The van der Waals surface area contributed by atoms with Gasteiger partial charge in [-0.3, -0.25) is 4.79 Å². The predicted octanol–water partition coefficient (Wildman–Crippen LogP) is 2.15. The molecule has 1 amide bonds. The van der Waals surface area contributed by atoms with Gasteiger partial charge in [-0.25, -0.2) is 14.4 Å². The summed E-state index contributed by atoms with van der Waals surface area (Å²) in [6.07, 6.45) is 3.42. The minimum absolute atomic E-state index is 0.139. The molecule has 1 aliphatic heterocycles. The number of aromatic nitrogens is 3. The topological polar surface area (TPSA) is 74.6 Å². The zero-order valence-electron chi connectivity index (χ0n) is 15.3. The van der Waals surface area contributed by atoms with Crippen LogP contribution >= 0.6 is 0 Å². The summed E-state index contributed by atoms with van der Waals surface area (Å²) < 4.78 is 16.3. The van der Waals surface area contributed by atoms with Gasteiger partial charge in [-0.2, -0.15) is 0 Å². The van der Waals surface area contributed by atoms with Crippen molar-refractivity contribution in [2.45, 2.75) is 13.8 Å². The van der Waals surface area contributed by atoms with E-state index in [1.54, 1.807) is 23.6 Å². The molecule has 1 fully saturated rings. The first kappa shape index (κ1) is 17.4. The van der Waals surface area contributed by atoms with E-state index in [1.165, 1.54) is 6.07 Å². The summed E-state index contributed by atoms with van der Waals surface area (Å²) >= 11 is 0. The van der Waals surface area contributed by atoms with E-state index in [9.17, 15) is 9.18 Å². The van der Waals surface area contributed by atoms with Crippen molar-refractivity contribution in [3.05, 3.63) is 53.5 Å². The van der Waals surface area contributed by atoms with E-state index in [0.717, 1.165) is 37.6 Å². The summed E-state index contributed by atoms with van der Waals surface area (Å²) in [5, 5.41) is 5.88. The smallest absolute Gasteiger partial charge is 0.275 e. The van der Waals surface area contributed by atoms with Gasteiger partial charge >= 0.3 is 0 Å². The van der Waals surface area contributed by atoms with Gasteiger partial charge in [0.15, 0.2) is 5.65 Å². The van der Waals surface area contributed by atoms with Crippen LogP contribution in [0.1, 0.15) is 21.9 Å².